The molecule has 28 heavy (non-hydrogen) atoms. The maximum atomic E-state index is 13.3. The minimum atomic E-state index is -4.64. The summed E-state index contributed by atoms with van der Waals surface area (Å²) in [6.07, 6.45) is -4.64. The molecule has 0 saturated carbocycles. The molecule has 0 spiro atoms. The third kappa shape index (κ3) is 3.41. The van der Waals surface area contributed by atoms with E-state index in [1.807, 2.05) is 0 Å². The number of halogens is 5. The number of aromatic nitrogens is 2. The van der Waals surface area contributed by atoms with Crippen LogP contribution in [-0.2, 0) is 11.0 Å². The van der Waals surface area contributed by atoms with E-state index >= 15 is 0 Å². The first kappa shape index (κ1) is 18.6. The molecule has 0 fully saturated rings. The Bertz CT molecular complexity index is 1100. The van der Waals surface area contributed by atoms with Crippen LogP contribution in [-0.4, -0.2) is 22.3 Å². The van der Waals surface area contributed by atoms with E-state index < -0.39 is 11.9 Å². The summed E-state index contributed by atoms with van der Waals surface area (Å²) in [5.74, 6) is 0.0821. The van der Waals surface area contributed by atoms with Gasteiger partial charge in [-0.15, -0.1) is 0 Å². The Labute approximate surface area is 166 Å². The molecular weight excluding hydrogens is 418 g/mol. The number of anilines is 1. The van der Waals surface area contributed by atoms with Gasteiger partial charge in [0.25, 0.3) is 5.91 Å². The molecule has 0 radical (unpaired) electrons. The van der Waals surface area contributed by atoms with E-state index in [4.69, 9.17) is 27.9 Å². The number of hydrogen-bond acceptors (Lipinski definition) is 3. The Morgan fingerprint density at radius 3 is 2.57 bits per heavy atom. The summed E-state index contributed by atoms with van der Waals surface area (Å²) in [5, 5.41) is 6.77. The lowest BCUT2D eigenvalue weighted by Crippen LogP contribution is -2.25. The van der Waals surface area contributed by atoms with Crippen LogP contribution in [0.15, 0.2) is 42.5 Å². The van der Waals surface area contributed by atoms with Gasteiger partial charge in [-0.25, -0.2) is 4.68 Å². The maximum absolute atomic E-state index is 13.3. The Kier molecular flexibility index (Phi) is 4.47. The quantitative estimate of drug-likeness (QED) is 0.611. The molecule has 4 rings (SSSR count). The number of benzene rings is 2. The number of fused-ring (bicyclic) bond motifs is 1. The monoisotopic (exact) mass is 427 g/mol. The van der Waals surface area contributed by atoms with Crippen molar-refractivity contribution in [3.05, 3.63) is 58.2 Å². The Morgan fingerprint density at radius 2 is 1.86 bits per heavy atom. The van der Waals surface area contributed by atoms with Crippen molar-refractivity contribution in [2.75, 3.05) is 11.9 Å². The van der Waals surface area contributed by atoms with Crippen molar-refractivity contribution < 1.29 is 22.7 Å². The predicted octanol–water partition coefficient (Wildman–Crippen LogP) is 5.20. The largest absolute Gasteiger partial charge is 0.482 e. The van der Waals surface area contributed by atoms with Crippen molar-refractivity contribution >= 4 is 34.8 Å². The van der Waals surface area contributed by atoms with E-state index in [-0.39, 0.29) is 28.3 Å². The predicted molar refractivity (Wildman–Crippen MR) is 98.1 cm³/mol. The van der Waals surface area contributed by atoms with Crippen LogP contribution in [0, 0.1) is 0 Å². The maximum Gasteiger partial charge on any atom is 0.435 e. The fourth-order valence-electron chi connectivity index (χ4n) is 2.78. The zero-order valence-electron chi connectivity index (χ0n) is 13.8. The first-order valence-electron chi connectivity index (χ1n) is 7.92. The number of hydrogen-bond donors (Lipinski definition) is 1. The van der Waals surface area contributed by atoms with Crippen LogP contribution in [0.2, 0.25) is 10.0 Å². The average molecular weight is 428 g/mol. The Hall–Kier alpha value is -2.71. The molecule has 1 aliphatic rings. The number of alkyl halides is 3. The van der Waals surface area contributed by atoms with E-state index in [0.717, 1.165) is 10.7 Å². The van der Waals surface area contributed by atoms with Crippen LogP contribution in [0.25, 0.3) is 16.9 Å². The first-order valence-corrected chi connectivity index (χ1v) is 8.68. The molecule has 2 aromatic carbocycles. The van der Waals surface area contributed by atoms with Crippen molar-refractivity contribution in [3.8, 4) is 22.7 Å². The van der Waals surface area contributed by atoms with Gasteiger partial charge in [-0.05, 0) is 42.5 Å². The van der Waals surface area contributed by atoms with Crippen LogP contribution in [0.5, 0.6) is 5.75 Å². The molecule has 0 aliphatic carbocycles. The van der Waals surface area contributed by atoms with Crippen LogP contribution in [0.1, 0.15) is 5.69 Å². The molecule has 0 saturated heterocycles. The van der Waals surface area contributed by atoms with Crippen LogP contribution in [0.4, 0.5) is 18.9 Å². The third-order valence-corrected chi connectivity index (χ3v) is 4.79. The van der Waals surface area contributed by atoms with Gasteiger partial charge < -0.3 is 10.1 Å². The molecule has 3 aromatic rings. The molecular formula is C18H10Cl2F3N3O2. The Balaban J connectivity index is 1.88. The molecule has 1 N–H and O–H groups in total. The van der Waals surface area contributed by atoms with Crippen molar-refractivity contribution in [3.63, 3.8) is 0 Å². The molecule has 0 bridgehead atoms. The lowest BCUT2D eigenvalue weighted by molar-refractivity contribution is -0.141. The molecule has 5 nitrogen and oxygen atoms in total. The van der Waals surface area contributed by atoms with E-state index in [9.17, 15) is 18.0 Å². The van der Waals surface area contributed by atoms with Gasteiger partial charge in [-0.3, -0.25) is 4.79 Å². The molecule has 1 aliphatic heterocycles. The highest BCUT2D eigenvalue weighted by Gasteiger charge is 2.35. The topological polar surface area (TPSA) is 56.1 Å². The highest BCUT2D eigenvalue weighted by Crippen LogP contribution is 2.37. The minimum Gasteiger partial charge on any atom is -0.482 e. The van der Waals surface area contributed by atoms with Gasteiger partial charge in [0.05, 0.1) is 27.1 Å². The van der Waals surface area contributed by atoms with E-state index in [2.05, 4.69) is 10.4 Å². The van der Waals surface area contributed by atoms with Crippen LogP contribution in [0.3, 0.4) is 0 Å². The zero-order valence-corrected chi connectivity index (χ0v) is 15.4. The molecule has 0 unspecified atom stereocenters. The highest BCUT2D eigenvalue weighted by molar-refractivity contribution is 6.42. The smallest absolute Gasteiger partial charge is 0.435 e. The number of nitrogens with one attached hydrogen (secondary N) is 1. The second kappa shape index (κ2) is 6.72. The summed E-state index contributed by atoms with van der Waals surface area (Å²) in [4.78, 5) is 11.5. The third-order valence-electron chi connectivity index (χ3n) is 4.06. The molecule has 1 aromatic heterocycles. The van der Waals surface area contributed by atoms with Gasteiger partial charge >= 0.3 is 6.18 Å². The van der Waals surface area contributed by atoms with Crippen molar-refractivity contribution in [1.29, 1.82) is 0 Å². The summed E-state index contributed by atoms with van der Waals surface area (Å²) in [6, 6.07) is 10.0. The first-order chi connectivity index (χ1) is 13.2. The second-order valence-corrected chi connectivity index (χ2v) is 6.78. The number of carbonyl (C=O) groups excluding carboxylic acids is 1. The lowest BCUT2D eigenvalue weighted by atomic mass is 10.1. The van der Waals surface area contributed by atoms with Crippen molar-refractivity contribution in [2.24, 2.45) is 0 Å². The van der Waals surface area contributed by atoms with Gasteiger partial charge in [0.15, 0.2) is 12.3 Å². The van der Waals surface area contributed by atoms with Crippen LogP contribution >= 0.6 is 23.2 Å². The molecule has 144 valence electrons. The fraction of sp³-hybridized carbons (Fsp3) is 0.111. The molecule has 0 atom stereocenters. The lowest BCUT2D eigenvalue weighted by Gasteiger charge is -2.18. The minimum absolute atomic E-state index is 0.119. The van der Waals surface area contributed by atoms with Crippen LogP contribution < -0.4 is 10.1 Å². The van der Waals surface area contributed by atoms with E-state index in [1.54, 1.807) is 12.1 Å². The number of amides is 1. The normalized spacial score (nSPS) is 13.7. The number of ether oxygens (including phenoxy) is 1. The fourth-order valence-corrected chi connectivity index (χ4v) is 3.07. The highest BCUT2D eigenvalue weighted by atomic mass is 35.5. The van der Waals surface area contributed by atoms with Crippen molar-refractivity contribution in [1.82, 2.24) is 9.78 Å². The van der Waals surface area contributed by atoms with Gasteiger partial charge in [0.1, 0.15) is 5.75 Å². The van der Waals surface area contributed by atoms with Gasteiger partial charge in [-0.2, -0.15) is 18.3 Å². The second-order valence-electron chi connectivity index (χ2n) is 5.97. The number of nitrogens with zero attached hydrogens (tertiary/aromatic N) is 2. The number of rotatable bonds is 2. The van der Waals surface area contributed by atoms with Crippen molar-refractivity contribution in [2.45, 2.75) is 6.18 Å². The van der Waals surface area contributed by atoms with Gasteiger partial charge in [-0.1, -0.05) is 23.2 Å². The summed E-state index contributed by atoms with van der Waals surface area (Å²) in [6.45, 7) is -0.119. The number of carbonyl (C=O) groups is 1. The summed E-state index contributed by atoms with van der Waals surface area (Å²) >= 11 is 11.9. The summed E-state index contributed by atoms with van der Waals surface area (Å²) in [7, 11) is 0. The van der Waals surface area contributed by atoms with Gasteiger partial charge in [0, 0.05) is 5.56 Å². The molecule has 2 heterocycles. The zero-order chi connectivity index (χ0) is 20.1. The summed E-state index contributed by atoms with van der Waals surface area (Å²) < 4.78 is 46.2. The van der Waals surface area contributed by atoms with Gasteiger partial charge in [0.2, 0.25) is 0 Å². The standard InChI is InChI=1S/C18H10Cl2F3N3O2/c19-11-3-2-10(6-12(11)20)26-14(7-16(25-26)18(21,22)23)9-1-4-15-13(5-9)24-17(27)8-28-15/h1-7H,8H2,(H,24,27). The average Bonchev–Trinajstić information content (AvgIpc) is 3.09. The Morgan fingerprint density at radius 1 is 1.07 bits per heavy atom. The summed E-state index contributed by atoms with van der Waals surface area (Å²) in [5.41, 5.74) is 0.167. The molecule has 10 heteroatoms. The SMILES string of the molecule is O=C1COc2ccc(-c3cc(C(F)(F)F)nn3-c3ccc(Cl)c(Cl)c3)cc2N1. The van der Waals surface area contributed by atoms with E-state index in [0.29, 0.717) is 22.7 Å². The van der Waals surface area contributed by atoms with E-state index in [1.165, 1.54) is 24.3 Å². The molecule has 1 amide bonds.